The van der Waals surface area contributed by atoms with Gasteiger partial charge in [-0.3, -0.25) is 4.79 Å². The van der Waals surface area contributed by atoms with Gasteiger partial charge in [0, 0.05) is 17.5 Å². The van der Waals surface area contributed by atoms with Crippen LogP contribution in [0.3, 0.4) is 0 Å². The topological polar surface area (TPSA) is 57.8 Å². The molecule has 4 heteroatoms. The summed E-state index contributed by atoms with van der Waals surface area (Å²) in [7, 11) is 0. The first-order valence-electron chi connectivity index (χ1n) is 9.92. The molecule has 2 N–H and O–H groups in total. The lowest BCUT2D eigenvalue weighted by Gasteiger charge is -2.36. The number of carbonyl (C=O) groups is 1. The molecule has 0 spiro atoms. The molecule has 0 radical (unpaired) electrons. The minimum absolute atomic E-state index is 0.0390. The highest BCUT2D eigenvalue weighted by Crippen LogP contribution is 2.42. The number of H-pyrrole nitrogens is 1. The highest BCUT2D eigenvalue weighted by molar-refractivity contribution is 5.97. The molecule has 2 aromatic rings. The fourth-order valence-corrected chi connectivity index (χ4v) is 4.29. The Labute approximate surface area is 149 Å². The third-order valence-corrected chi connectivity index (χ3v) is 6.30. The Morgan fingerprint density at radius 1 is 1.20 bits per heavy atom. The number of benzene rings is 1. The van der Waals surface area contributed by atoms with Crippen molar-refractivity contribution in [2.45, 2.75) is 70.1 Å². The fraction of sp³-hybridized carbons (Fsp3) is 0.619. The second-order valence-corrected chi connectivity index (χ2v) is 8.30. The van der Waals surface area contributed by atoms with Gasteiger partial charge in [-0.05, 0) is 49.8 Å². The normalized spacial score (nSPS) is 20.8. The number of amides is 1. The molecule has 0 unspecified atom stereocenters. The van der Waals surface area contributed by atoms with E-state index in [-0.39, 0.29) is 11.3 Å². The van der Waals surface area contributed by atoms with E-state index >= 15 is 0 Å². The molecular formula is C21H29N3O. The summed E-state index contributed by atoms with van der Waals surface area (Å²) in [5.74, 6) is 1.76. The quantitative estimate of drug-likeness (QED) is 0.793. The van der Waals surface area contributed by atoms with E-state index in [9.17, 15) is 4.79 Å². The van der Waals surface area contributed by atoms with Crippen molar-refractivity contribution in [1.29, 1.82) is 0 Å². The third-order valence-electron chi connectivity index (χ3n) is 6.30. The molecule has 134 valence electrons. The van der Waals surface area contributed by atoms with Crippen molar-refractivity contribution in [3.63, 3.8) is 0 Å². The second kappa shape index (κ2) is 6.81. The molecule has 1 aromatic carbocycles. The number of aromatic nitrogens is 2. The molecule has 2 saturated carbocycles. The molecule has 1 heterocycles. The lowest BCUT2D eigenvalue weighted by atomic mass is 9.70. The van der Waals surface area contributed by atoms with Crippen LogP contribution in [0.15, 0.2) is 18.2 Å². The first-order valence-corrected chi connectivity index (χ1v) is 9.92. The van der Waals surface area contributed by atoms with E-state index in [2.05, 4.69) is 17.2 Å². The zero-order chi connectivity index (χ0) is 17.3. The molecule has 1 amide bonds. The van der Waals surface area contributed by atoms with Gasteiger partial charge in [0.2, 0.25) is 0 Å². The Kier molecular flexibility index (Phi) is 4.53. The monoisotopic (exact) mass is 339 g/mol. The van der Waals surface area contributed by atoms with Gasteiger partial charge in [0.05, 0.1) is 11.0 Å². The zero-order valence-electron chi connectivity index (χ0n) is 15.2. The molecule has 0 atom stereocenters. The van der Waals surface area contributed by atoms with Crippen molar-refractivity contribution in [2.75, 3.05) is 6.54 Å². The van der Waals surface area contributed by atoms with Crippen LogP contribution in [-0.2, 0) is 5.41 Å². The molecule has 2 aliphatic rings. The first kappa shape index (κ1) is 16.6. The number of hydrogen-bond donors (Lipinski definition) is 2. The SMILES string of the molecule is CC1(c2nc3ccc(C(=O)NCC4CCCCCC4)cc3[nH]2)CCC1. The number of nitrogens with zero attached hydrogens (tertiary/aromatic N) is 1. The third kappa shape index (κ3) is 3.44. The van der Waals surface area contributed by atoms with Crippen LogP contribution >= 0.6 is 0 Å². The summed E-state index contributed by atoms with van der Waals surface area (Å²) in [6, 6.07) is 5.83. The summed E-state index contributed by atoms with van der Waals surface area (Å²) >= 11 is 0. The van der Waals surface area contributed by atoms with E-state index in [4.69, 9.17) is 4.98 Å². The molecular weight excluding hydrogens is 310 g/mol. The summed E-state index contributed by atoms with van der Waals surface area (Å²) < 4.78 is 0. The first-order chi connectivity index (χ1) is 12.1. The molecule has 0 saturated heterocycles. The largest absolute Gasteiger partial charge is 0.352 e. The van der Waals surface area contributed by atoms with Crippen LogP contribution in [0.2, 0.25) is 0 Å². The van der Waals surface area contributed by atoms with Crippen LogP contribution in [0.4, 0.5) is 0 Å². The Bertz CT molecular complexity index is 752. The van der Waals surface area contributed by atoms with Crippen molar-refractivity contribution >= 4 is 16.9 Å². The van der Waals surface area contributed by atoms with Gasteiger partial charge in [-0.1, -0.05) is 39.0 Å². The van der Waals surface area contributed by atoms with Gasteiger partial charge in [-0.15, -0.1) is 0 Å². The van der Waals surface area contributed by atoms with Crippen molar-refractivity contribution in [3.8, 4) is 0 Å². The standard InChI is InChI=1S/C21H29N3O/c1-21(11-6-12-21)20-23-17-10-9-16(13-18(17)24-20)19(25)22-14-15-7-4-2-3-5-8-15/h9-10,13,15H,2-8,11-12,14H2,1H3,(H,22,25)(H,23,24). The van der Waals surface area contributed by atoms with Gasteiger partial charge in [-0.2, -0.15) is 0 Å². The summed E-state index contributed by atoms with van der Waals surface area (Å²) in [5.41, 5.74) is 2.87. The average molecular weight is 339 g/mol. The predicted molar refractivity (Wildman–Crippen MR) is 101 cm³/mol. The van der Waals surface area contributed by atoms with E-state index < -0.39 is 0 Å². The Morgan fingerprint density at radius 2 is 1.96 bits per heavy atom. The summed E-state index contributed by atoms with van der Waals surface area (Å²) in [4.78, 5) is 20.7. The molecule has 2 fully saturated rings. The minimum atomic E-state index is 0.0390. The van der Waals surface area contributed by atoms with Gasteiger partial charge in [-0.25, -0.2) is 4.98 Å². The van der Waals surface area contributed by atoms with E-state index in [1.54, 1.807) is 0 Å². The number of aromatic amines is 1. The Hall–Kier alpha value is -1.84. The molecule has 0 aliphatic heterocycles. The summed E-state index contributed by atoms with van der Waals surface area (Å²) in [5, 5.41) is 3.15. The molecule has 4 nitrogen and oxygen atoms in total. The van der Waals surface area contributed by atoms with Crippen LogP contribution < -0.4 is 5.32 Å². The lowest BCUT2D eigenvalue weighted by molar-refractivity contribution is 0.0946. The minimum Gasteiger partial charge on any atom is -0.352 e. The Morgan fingerprint density at radius 3 is 2.64 bits per heavy atom. The van der Waals surface area contributed by atoms with Crippen LogP contribution in [0.25, 0.3) is 11.0 Å². The number of nitrogens with one attached hydrogen (secondary N) is 2. The van der Waals surface area contributed by atoms with E-state index in [1.165, 1.54) is 57.8 Å². The van der Waals surface area contributed by atoms with Crippen LogP contribution in [-0.4, -0.2) is 22.4 Å². The van der Waals surface area contributed by atoms with Gasteiger partial charge in [0.25, 0.3) is 5.91 Å². The van der Waals surface area contributed by atoms with Crippen LogP contribution in [0.5, 0.6) is 0 Å². The molecule has 4 rings (SSSR count). The lowest BCUT2D eigenvalue weighted by Crippen LogP contribution is -2.31. The maximum absolute atomic E-state index is 12.5. The number of rotatable bonds is 4. The van der Waals surface area contributed by atoms with Crippen LogP contribution in [0, 0.1) is 5.92 Å². The average Bonchev–Trinajstić information content (AvgIpc) is 2.85. The number of imidazole rings is 1. The number of hydrogen-bond acceptors (Lipinski definition) is 2. The van der Waals surface area contributed by atoms with Gasteiger partial charge < -0.3 is 10.3 Å². The molecule has 1 aromatic heterocycles. The van der Waals surface area contributed by atoms with Crippen molar-refractivity contribution in [2.24, 2.45) is 5.92 Å². The van der Waals surface area contributed by atoms with Crippen molar-refractivity contribution in [1.82, 2.24) is 15.3 Å². The summed E-state index contributed by atoms with van der Waals surface area (Å²) in [6.07, 6.45) is 11.5. The van der Waals surface area contributed by atoms with Gasteiger partial charge in [0.15, 0.2) is 0 Å². The maximum atomic E-state index is 12.5. The van der Waals surface area contributed by atoms with Gasteiger partial charge >= 0.3 is 0 Å². The summed E-state index contributed by atoms with van der Waals surface area (Å²) in [6.45, 7) is 3.08. The van der Waals surface area contributed by atoms with E-state index in [1.807, 2.05) is 18.2 Å². The molecule has 0 bridgehead atoms. The highest BCUT2D eigenvalue weighted by Gasteiger charge is 2.36. The van der Waals surface area contributed by atoms with Crippen molar-refractivity contribution < 1.29 is 4.79 Å². The zero-order valence-corrected chi connectivity index (χ0v) is 15.2. The number of fused-ring (bicyclic) bond motifs is 1. The Balaban J connectivity index is 1.44. The van der Waals surface area contributed by atoms with E-state index in [0.717, 1.165) is 29.0 Å². The smallest absolute Gasteiger partial charge is 0.251 e. The molecule has 2 aliphatic carbocycles. The van der Waals surface area contributed by atoms with Gasteiger partial charge in [0.1, 0.15) is 5.82 Å². The maximum Gasteiger partial charge on any atom is 0.251 e. The highest BCUT2D eigenvalue weighted by atomic mass is 16.1. The van der Waals surface area contributed by atoms with E-state index in [0.29, 0.717) is 5.92 Å². The van der Waals surface area contributed by atoms with Crippen molar-refractivity contribution in [3.05, 3.63) is 29.6 Å². The number of carbonyl (C=O) groups excluding carboxylic acids is 1. The predicted octanol–water partition coefficient (Wildman–Crippen LogP) is 4.70. The molecule has 25 heavy (non-hydrogen) atoms. The second-order valence-electron chi connectivity index (χ2n) is 8.30. The fourth-order valence-electron chi connectivity index (χ4n) is 4.29. The van der Waals surface area contributed by atoms with Crippen LogP contribution in [0.1, 0.15) is 80.9 Å².